The van der Waals surface area contributed by atoms with Crippen LogP contribution in [0.2, 0.25) is 19.6 Å². The number of aromatic nitrogens is 1. The van der Waals surface area contributed by atoms with Crippen LogP contribution in [-0.2, 0) is 6.54 Å². The molecule has 1 heterocycles. The van der Waals surface area contributed by atoms with E-state index in [-0.39, 0.29) is 5.56 Å². The lowest BCUT2D eigenvalue weighted by atomic mass is 10.1. The van der Waals surface area contributed by atoms with Gasteiger partial charge in [-0.15, -0.1) is 5.54 Å². The Kier molecular flexibility index (Phi) is 5.48. The molecule has 0 fully saturated rings. The number of rotatable bonds is 3. The first-order chi connectivity index (χ1) is 12.8. The third-order valence-corrected chi connectivity index (χ3v) is 5.15. The molecule has 0 aliphatic rings. The molecule has 0 atom stereocenters. The van der Waals surface area contributed by atoms with Crippen molar-refractivity contribution in [1.29, 1.82) is 0 Å². The molecule has 136 valence electrons. The minimum atomic E-state index is -1.55. The van der Waals surface area contributed by atoms with Gasteiger partial charge in [-0.1, -0.05) is 85.7 Å². The molecule has 0 N–H and O–H groups in total. The van der Waals surface area contributed by atoms with E-state index >= 15 is 0 Å². The number of aryl methyl sites for hydroxylation is 1. The summed E-state index contributed by atoms with van der Waals surface area (Å²) >= 11 is 0. The topological polar surface area (TPSA) is 22.0 Å². The summed E-state index contributed by atoms with van der Waals surface area (Å²) in [7, 11) is -1.55. The molecular weight excluding hydrogens is 346 g/mol. The Morgan fingerprint density at radius 1 is 0.889 bits per heavy atom. The van der Waals surface area contributed by atoms with Crippen LogP contribution in [0.4, 0.5) is 0 Å². The molecular formula is C24H25NOSi. The fourth-order valence-corrected chi connectivity index (χ4v) is 3.33. The monoisotopic (exact) mass is 371 g/mol. The highest BCUT2D eigenvalue weighted by Gasteiger charge is 2.12. The third-order valence-electron chi connectivity index (χ3n) is 4.28. The summed E-state index contributed by atoms with van der Waals surface area (Å²) in [5.41, 5.74) is 8.13. The van der Waals surface area contributed by atoms with Crippen LogP contribution in [0, 0.1) is 18.4 Å². The summed E-state index contributed by atoms with van der Waals surface area (Å²) < 4.78 is 1.84. The van der Waals surface area contributed by atoms with Crippen molar-refractivity contribution in [3.05, 3.63) is 93.8 Å². The van der Waals surface area contributed by atoms with E-state index in [0.717, 1.165) is 16.8 Å². The molecule has 0 unspecified atom stereocenters. The van der Waals surface area contributed by atoms with E-state index in [2.05, 4.69) is 62.3 Å². The highest BCUT2D eigenvalue weighted by atomic mass is 28.3. The van der Waals surface area contributed by atoms with Crippen LogP contribution in [0.25, 0.3) is 11.3 Å². The first-order valence-electron chi connectivity index (χ1n) is 9.21. The van der Waals surface area contributed by atoms with Gasteiger partial charge >= 0.3 is 0 Å². The Morgan fingerprint density at radius 3 is 2.19 bits per heavy atom. The van der Waals surface area contributed by atoms with Gasteiger partial charge in [0.05, 0.1) is 17.8 Å². The van der Waals surface area contributed by atoms with E-state index in [1.54, 1.807) is 0 Å². The van der Waals surface area contributed by atoms with Crippen molar-refractivity contribution in [3.8, 4) is 22.7 Å². The molecule has 3 heteroatoms. The predicted molar refractivity (Wildman–Crippen MR) is 117 cm³/mol. The predicted octanol–water partition coefficient (Wildman–Crippen LogP) is 5.10. The average molecular weight is 372 g/mol. The first-order valence-corrected chi connectivity index (χ1v) is 12.7. The van der Waals surface area contributed by atoms with Gasteiger partial charge in [0.25, 0.3) is 5.56 Å². The van der Waals surface area contributed by atoms with E-state index in [1.807, 2.05) is 47.0 Å². The van der Waals surface area contributed by atoms with Gasteiger partial charge in [0, 0.05) is 0 Å². The summed E-state index contributed by atoms with van der Waals surface area (Å²) in [6.45, 7) is 9.15. The maximum absolute atomic E-state index is 13.2. The molecule has 0 bridgehead atoms. The molecule has 0 spiro atoms. The van der Waals surface area contributed by atoms with Gasteiger partial charge in [-0.05, 0) is 30.2 Å². The molecule has 0 saturated carbocycles. The highest BCUT2D eigenvalue weighted by Crippen LogP contribution is 2.19. The number of benzene rings is 2. The van der Waals surface area contributed by atoms with Gasteiger partial charge in [-0.2, -0.15) is 0 Å². The summed E-state index contributed by atoms with van der Waals surface area (Å²) in [6.07, 6.45) is 0. The normalized spacial score (nSPS) is 11.0. The van der Waals surface area contributed by atoms with Crippen LogP contribution in [0.3, 0.4) is 0 Å². The average Bonchev–Trinajstić information content (AvgIpc) is 2.64. The number of hydrogen-bond acceptors (Lipinski definition) is 1. The van der Waals surface area contributed by atoms with Crippen molar-refractivity contribution >= 4 is 8.07 Å². The molecule has 0 aliphatic carbocycles. The Labute approximate surface area is 162 Å². The number of nitrogens with zero attached hydrogens (tertiary/aromatic N) is 1. The van der Waals surface area contributed by atoms with E-state index in [9.17, 15) is 4.79 Å². The lowest BCUT2D eigenvalue weighted by Crippen LogP contribution is -2.25. The van der Waals surface area contributed by atoms with E-state index in [1.165, 1.54) is 5.56 Å². The fraction of sp³-hybridized carbons (Fsp3) is 0.208. The second-order valence-electron chi connectivity index (χ2n) is 7.88. The van der Waals surface area contributed by atoms with Crippen LogP contribution in [0.5, 0.6) is 0 Å². The first kappa shape index (κ1) is 18.9. The number of pyridine rings is 1. The Bertz CT molecular complexity index is 1050. The standard InChI is InChI=1S/C24H25NOSi/c1-19-10-12-20(13-11-19)18-25-23(21-8-6-5-7-9-21)15-14-22(24(25)26)16-17-27(2,3)4/h5-15H,18H2,1-4H3. The van der Waals surface area contributed by atoms with Crippen molar-refractivity contribution in [2.45, 2.75) is 33.1 Å². The fourth-order valence-electron chi connectivity index (χ4n) is 2.82. The van der Waals surface area contributed by atoms with Gasteiger partial charge in [0.1, 0.15) is 8.07 Å². The minimum absolute atomic E-state index is 0.0253. The maximum Gasteiger partial charge on any atom is 0.267 e. The Morgan fingerprint density at radius 2 is 1.56 bits per heavy atom. The lowest BCUT2D eigenvalue weighted by Gasteiger charge is -2.14. The van der Waals surface area contributed by atoms with E-state index in [4.69, 9.17) is 0 Å². The smallest absolute Gasteiger partial charge is 0.267 e. The molecule has 0 saturated heterocycles. The van der Waals surface area contributed by atoms with Crippen LogP contribution >= 0.6 is 0 Å². The van der Waals surface area contributed by atoms with Gasteiger partial charge in [-0.3, -0.25) is 4.79 Å². The van der Waals surface area contributed by atoms with Crippen LogP contribution in [0.15, 0.2) is 71.5 Å². The molecule has 0 aliphatic heterocycles. The van der Waals surface area contributed by atoms with Crippen LogP contribution < -0.4 is 5.56 Å². The van der Waals surface area contributed by atoms with Crippen molar-refractivity contribution in [2.75, 3.05) is 0 Å². The zero-order chi connectivity index (χ0) is 19.4. The van der Waals surface area contributed by atoms with Gasteiger partial charge < -0.3 is 4.57 Å². The second kappa shape index (κ2) is 7.81. The summed E-state index contributed by atoms with van der Waals surface area (Å²) in [4.78, 5) is 13.2. The summed E-state index contributed by atoms with van der Waals surface area (Å²) in [5.74, 6) is 3.15. The van der Waals surface area contributed by atoms with E-state index in [0.29, 0.717) is 12.1 Å². The molecule has 3 aromatic rings. The van der Waals surface area contributed by atoms with Crippen molar-refractivity contribution in [2.24, 2.45) is 0 Å². The zero-order valence-corrected chi connectivity index (χ0v) is 17.4. The third kappa shape index (κ3) is 4.87. The Hall–Kier alpha value is -2.83. The molecule has 2 aromatic carbocycles. The van der Waals surface area contributed by atoms with Crippen LogP contribution in [-0.4, -0.2) is 12.6 Å². The second-order valence-corrected chi connectivity index (χ2v) is 12.6. The molecule has 0 radical (unpaired) electrons. The SMILES string of the molecule is Cc1ccc(Cn2c(-c3ccccc3)ccc(C#C[Si](C)(C)C)c2=O)cc1. The lowest BCUT2D eigenvalue weighted by molar-refractivity contribution is 0.766. The van der Waals surface area contributed by atoms with E-state index < -0.39 is 8.07 Å². The van der Waals surface area contributed by atoms with Crippen molar-refractivity contribution in [3.63, 3.8) is 0 Å². The van der Waals surface area contributed by atoms with Gasteiger partial charge in [0.15, 0.2) is 0 Å². The quantitative estimate of drug-likeness (QED) is 0.464. The van der Waals surface area contributed by atoms with Gasteiger partial charge in [0.2, 0.25) is 0 Å². The van der Waals surface area contributed by atoms with Crippen molar-refractivity contribution < 1.29 is 0 Å². The maximum atomic E-state index is 13.2. The van der Waals surface area contributed by atoms with Crippen LogP contribution in [0.1, 0.15) is 16.7 Å². The molecule has 2 nitrogen and oxygen atoms in total. The molecule has 0 amide bonds. The Balaban J connectivity index is 2.14. The highest BCUT2D eigenvalue weighted by molar-refractivity contribution is 6.83. The molecule has 27 heavy (non-hydrogen) atoms. The zero-order valence-electron chi connectivity index (χ0n) is 16.4. The summed E-state index contributed by atoms with van der Waals surface area (Å²) in [6, 6.07) is 22.2. The van der Waals surface area contributed by atoms with Gasteiger partial charge in [-0.25, -0.2) is 0 Å². The largest absolute Gasteiger partial charge is 0.303 e. The summed E-state index contributed by atoms with van der Waals surface area (Å²) in [5, 5.41) is 0. The molecule has 1 aromatic heterocycles. The minimum Gasteiger partial charge on any atom is -0.303 e. The van der Waals surface area contributed by atoms with Crippen molar-refractivity contribution in [1.82, 2.24) is 4.57 Å². The molecule has 3 rings (SSSR count). The number of hydrogen-bond donors (Lipinski definition) is 0.